The van der Waals surface area contributed by atoms with Crippen LogP contribution in [0.4, 0.5) is 0 Å². The van der Waals surface area contributed by atoms with Crippen LogP contribution in [0.3, 0.4) is 0 Å². The standard InChI is InChI=1S/C18H19N7O2/c1-19-17(26)15-14(20-10-21-15)16-23-22-13-9-24(2)18(27)12(25(13)16)8-11-6-4-3-5-7-11/h3-7,10,12H,8-9H2,1-2H3,(H,19,26)(H,20,21)/t12-/m0/s1. The van der Waals surface area contributed by atoms with Gasteiger partial charge in [0.05, 0.1) is 12.9 Å². The van der Waals surface area contributed by atoms with E-state index in [-0.39, 0.29) is 17.5 Å². The molecule has 0 unspecified atom stereocenters. The van der Waals surface area contributed by atoms with Gasteiger partial charge in [-0.15, -0.1) is 10.2 Å². The lowest BCUT2D eigenvalue weighted by atomic mass is 10.0. The molecule has 1 aliphatic heterocycles. The molecule has 9 nitrogen and oxygen atoms in total. The molecule has 0 aliphatic carbocycles. The van der Waals surface area contributed by atoms with Crippen LogP contribution in [0, 0.1) is 0 Å². The van der Waals surface area contributed by atoms with Gasteiger partial charge in [0.2, 0.25) is 5.91 Å². The maximum atomic E-state index is 12.9. The van der Waals surface area contributed by atoms with E-state index in [9.17, 15) is 9.59 Å². The van der Waals surface area contributed by atoms with Crippen molar-refractivity contribution in [3.05, 3.63) is 53.7 Å². The van der Waals surface area contributed by atoms with E-state index in [4.69, 9.17) is 0 Å². The number of imidazole rings is 1. The maximum Gasteiger partial charge on any atom is 0.269 e. The Morgan fingerprint density at radius 3 is 2.81 bits per heavy atom. The molecule has 1 atom stereocenters. The van der Waals surface area contributed by atoms with Crippen LogP contribution in [-0.2, 0) is 17.8 Å². The van der Waals surface area contributed by atoms with E-state index in [0.29, 0.717) is 30.3 Å². The zero-order chi connectivity index (χ0) is 19.0. The van der Waals surface area contributed by atoms with Crippen molar-refractivity contribution in [2.24, 2.45) is 0 Å². The number of carbonyl (C=O) groups excluding carboxylic acids is 2. The summed E-state index contributed by atoms with van der Waals surface area (Å²) in [6, 6.07) is 9.29. The SMILES string of the molecule is CNC(=O)c1[nH]cnc1-c1nnc2n1[C@@H](Cc1ccccc1)C(=O)N(C)C2. The minimum absolute atomic E-state index is 0.0237. The Morgan fingerprint density at radius 2 is 2.07 bits per heavy atom. The van der Waals surface area contributed by atoms with Crippen LogP contribution in [0.5, 0.6) is 0 Å². The normalized spacial score (nSPS) is 16.3. The minimum Gasteiger partial charge on any atom is -0.354 e. The molecule has 2 amide bonds. The highest BCUT2D eigenvalue weighted by atomic mass is 16.2. The Hall–Kier alpha value is -3.49. The molecule has 3 heterocycles. The van der Waals surface area contributed by atoms with Crippen molar-refractivity contribution in [2.75, 3.05) is 14.1 Å². The summed E-state index contributed by atoms with van der Waals surface area (Å²) in [5.74, 6) is 0.745. The first-order valence-corrected chi connectivity index (χ1v) is 8.58. The predicted molar refractivity (Wildman–Crippen MR) is 96.7 cm³/mol. The lowest BCUT2D eigenvalue weighted by Crippen LogP contribution is -2.41. The lowest BCUT2D eigenvalue weighted by molar-refractivity contribution is -0.135. The number of amides is 2. The van der Waals surface area contributed by atoms with Crippen molar-refractivity contribution in [3.63, 3.8) is 0 Å². The fourth-order valence-electron chi connectivity index (χ4n) is 3.35. The molecule has 0 saturated heterocycles. The minimum atomic E-state index is -0.500. The maximum absolute atomic E-state index is 12.9. The highest BCUT2D eigenvalue weighted by Crippen LogP contribution is 2.30. The summed E-state index contributed by atoms with van der Waals surface area (Å²) in [5.41, 5.74) is 1.70. The first-order chi connectivity index (χ1) is 13.1. The van der Waals surface area contributed by atoms with Crippen molar-refractivity contribution in [2.45, 2.75) is 19.0 Å². The van der Waals surface area contributed by atoms with Crippen molar-refractivity contribution in [3.8, 4) is 11.5 Å². The third-order valence-corrected chi connectivity index (χ3v) is 4.70. The average molecular weight is 365 g/mol. The van der Waals surface area contributed by atoms with Crippen molar-refractivity contribution < 1.29 is 9.59 Å². The summed E-state index contributed by atoms with van der Waals surface area (Å²) >= 11 is 0. The van der Waals surface area contributed by atoms with E-state index >= 15 is 0 Å². The number of nitrogens with zero attached hydrogens (tertiary/aromatic N) is 5. The molecule has 0 spiro atoms. The molecule has 4 rings (SSSR count). The van der Waals surface area contributed by atoms with Crippen LogP contribution in [-0.4, -0.2) is 55.5 Å². The number of H-pyrrole nitrogens is 1. The molecule has 0 saturated carbocycles. The highest BCUT2D eigenvalue weighted by molar-refractivity contribution is 5.97. The van der Waals surface area contributed by atoms with E-state index in [1.807, 2.05) is 30.3 Å². The number of hydrogen-bond donors (Lipinski definition) is 2. The Labute approximate surface area is 155 Å². The number of rotatable bonds is 4. The largest absolute Gasteiger partial charge is 0.354 e. The number of carbonyl (C=O) groups is 2. The molecule has 138 valence electrons. The van der Waals surface area contributed by atoms with Gasteiger partial charge in [-0.2, -0.15) is 0 Å². The number of aromatic amines is 1. The first kappa shape index (κ1) is 17.0. The van der Waals surface area contributed by atoms with Crippen molar-refractivity contribution >= 4 is 11.8 Å². The smallest absolute Gasteiger partial charge is 0.269 e. The molecule has 27 heavy (non-hydrogen) atoms. The molecule has 9 heteroatoms. The number of nitrogens with one attached hydrogen (secondary N) is 2. The quantitative estimate of drug-likeness (QED) is 0.710. The Bertz CT molecular complexity index is 992. The topological polar surface area (TPSA) is 109 Å². The van der Waals surface area contributed by atoms with E-state index in [1.54, 1.807) is 23.6 Å². The van der Waals surface area contributed by atoms with E-state index in [0.717, 1.165) is 5.56 Å². The fourth-order valence-corrected chi connectivity index (χ4v) is 3.35. The van der Waals surface area contributed by atoms with Crippen LogP contribution in [0.2, 0.25) is 0 Å². The van der Waals surface area contributed by atoms with Crippen LogP contribution in [0.1, 0.15) is 27.9 Å². The molecule has 0 radical (unpaired) electrons. The van der Waals surface area contributed by atoms with Gasteiger partial charge < -0.3 is 15.2 Å². The first-order valence-electron chi connectivity index (χ1n) is 8.58. The van der Waals surface area contributed by atoms with E-state index < -0.39 is 6.04 Å². The van der Waals surface area contributed by atoms with Crippen LogP contribution in [0.25, 0.3) is 11.5 Å². The molecule has 3 aromatic rings. The summed E-state index contributed by atoms with van der Waals surface area (Å²) in [4.78, 5) is 33.8. The molecular formula is C18H19N7O2. The molecule has 1 aromatic carbocycles. The molecule has 2 N–H and O–H groups in total. The molecule has 1 aliphatic rings. The lowest BCUT2D eigenvalue weighted by Gasteiger charge is -2.31. The van der Waals surface area contributed by atoms with Crippen LogP contribution >= 0.6 is 0 Å². The zero-order valence-corrected chi connectivity index (χ0v) is 15.0. The van der Waals surface area contributed by atoms with Gasteiger partial charge in [0.1, 0.15) is 17.4 Å². The number of likely N-dealkylation sites (N-methyl/N-ethyl adjacent to an activating group) is 1. The summed E-state index contributed by atoms with van der Waals surface area (Å²) in [6.07, 6.45) is 1.94. The van der Waals surface area contributed by atoms with Crippen molar-refractivity contribution in [1.29, 1.82) is 0 Å². The van der Waals surface area contributed by atoms with Gasteiger partial charge in [0.15, 0.2) is 11.6 Å². The number of fused-ring (bicyclic) bond motifs is 1. The Morgan fingerprint density at radius 1 is 1.30 bits per heavy atom. The van der Waals surface area contributed by atoms with E-state index in [2.05, 4.69) is 25.5 Å². The van der Waals surface area contributed by atoms with Gasteiger partial charge in [-0.3, -0.25) is 14.2 Å². The van der Waals surface area contributed by atoms with E-state index in [1.165, 1.54) is 6.33 Å². The second-order valence-electron chi connectivity index (χ2n) is 6.41. The van der Waals surface area contributed by atoms with Gasteiger partial charge >= 0.3 is 0 Å². The van der Waals surface area contributed by atoms with Gasteiger partial charge in [0, 0.05) is 20.5 Å². The summed E-state index contributed by atoms with van der Waals surface area (Å²) in [7, 11) is 3.30. The molecule has 2 aromatic heterocycles. The number of aromatic nitrogens is 5. The number of hydrogen-bond acceptors (Lipinski definition) is 5. The third-order valence-electron chi connectivity index (χ3n) is 4.70. The second kappa shape index (κ2) is 6.67. The zero-order valence-electron chi connectivity index (χ0n) is 15.0. The van der Waals surface area contributed by atoms with Gasteiger partial charge in [0.25, 0.3) is 5.91 Å². The summed E-state index contributed by atoms with van der Waals surface area (Å²) < 4.78 is 1.80. The Kier molecular flexibility index (Phi) is 4.19. The molecule has 0 bridgehead atoms. The van der Waals surface area contributed by atoms with Crippen LogP contribution < -0.4 is 5.32 Å². The van der Waals surface area contributed by atoms with Gasteiger partial charge in [-0.05, 0) is 5.56 Å². The Balaban J connectivity index is 1.82. The average Bonchev–Trinajstić information content (AvgIpc) is 3.32. The van der Waals surface area contributed by atoms with Gasteiger partial charge in [-0.1, -0.05) is 30.3 Å². The molecular weight excluding hydrogens is 346 g/mol. The summed E-state index contributed by atoms with van der Waals surface area (Å²) in [6.45, 7) is 0.358. The molecule has 0 fully saturated rings. The van der Waals surface area contributed by atoms with Crippen LogP contribution in [0.15, 0.2) is 36.7 Å². The highest BCUT2D eigenvalue weighted by Gasteiger charge is 2.36. The number of benzene rings is 1. The summed E-state index contributed by atoms with van der Waals surface area (Å²) in [5, 5.41) is 11.1. The van der Waals surface area contributed by atoms with Gasteiger partial charge in [-0.25, -0.2) is 4.98 Å². The fraction of sp³-hybridized carbons (Fsp3) is 0.278. The second-order valence-corrected chi connectivity index (χ2v) is 6.41. The third kappa shape index (κ3) is 2.86. The van der Waals surface area contributed by atoms with Crippen molar-refractivity contribution in [1.82, 2.24) is 34.9 Å². The monoisotopic (exact) mass is 365 g/mol. The predicted octanol–water partition coefficient (Wildman–Crippen LogP) is 0.784.